The highest BCUT2D eigenvalue weighted by molar-refractivity contribution is 6.35. The van der Waals surface area contributed by atoms with Crippen LogP contribution >= 0.6 is 23.2 Å². The van der Waals surface area contributed by atoms with Crippen molar-refractivity contribution >= 4 is 40.8 Å². The lowest BCUT2D eigenvalue weighted by atomic mass is 10.1. The summed E-state index contributed by atoms with van der Waals surface area (Å²) >= 11 is 12.3. The first-order valence-corrected chi connectivity index (χ1v) is 8.85. The van der Waals surface area contributed by atoms with Gasteiger partial charge in [-0.1, -0.05) is 35.3 Å². The Morgan fingerprint density at radius 1 is 1.15 bits per heavy atom. The second-order valence-electron chi connectivity index (χ2n) is 6.12. The van der Waals surface area contributed by atoms with Crippen LogP contribution in [0.2, 0.25) is 10.0 Å². The zero-order valence-corrected chi connectivity index (χ0v) is 15.1. The summed E-state index contributed by atoms with van der Waals surface area (Å²) in [4.78, 5) is 11.3. The smallest absolute Gasteiger partial charge is 0.335 e. The number of benzene rings is 2. The summed E-state index contributed by atoms with van der Waals surface area (Å²) in [5, 5.41) is 14.9. The maximum Gasteiger partial charge on any atom is 0.335 e. The highest BCUT2D eigenvalue weighted by Crippen LogP contribution is 2.36. The number of nitrogens with zero attached hydrogens (tertiary/aromatic N) is 2. The third-order valence-corrected chi connectivity index (χ3v) is 5.01. The van der Waals surface area contributed by atoms with E-state index in [1.54, 1.807) is 28.9 Å². The number of carboxylic acids is 1. The summed E-state index contributed by atoms with van der Waals surface area (Å²) in [6, 6.07) is 12.2. The average molecular weight is 385 g/mol. The molecule has 0 saturated heterocycles. The molecule has 1 heterocycles. The molecule has 130 valence electrons. The maximum absolute atomic E-state index is 11.3. The topological polar surface area (TPSA) is 55.1 Å². The first kappa shape index (κ1) is 16.9. The van der Waals surface area contributed by atoms with Crippen LogP contribution in [0.15, 0.2) is 48.7 Å². The molecule has 0 saturated carbocycles. The summed E-state index contributed by atoms with van der Waals surface area (Å²) in [5.41, 5.74) is 5.10. The Balaban J connectivity index is 1.80. The molecule has 4 nitrogen and oxygen atoms in total. The number of carboxylic acid groups (broad SMARTS) is 1. The summed E-state index contributed by atoms with van der Waals surface area (Å²) in [5.74, 6) is -0.959. The predicted molar refractivity (Wildman–Crippen MR) is 103 cm³/mol. The van der Waals surface area contributed by atoms with Crippen LogP contribution in [0.4, 0.5) is 0 Å². The van der Waals surface area contributed by atoms with Gasteiger partial charge in [0.15, 0.2) is 0 Å². The van der Waals surface area contributed by atoms with Gasteiger partial charge >= 0.3 is 5.97 Å². The van der Waals surface area contributed by atoms with Crippen molar-refractivity contribution in [3.05, 3.63) is 81.1 Å². The summed E-state index contributed by atoms with van der Waals surface area (Å²) in [6.07, 6.45) is 5.66. The fourth-order valence-electron chi connectivity index (χ4n) is 3.21. The van der Waals surface area contributed by atoms with E-state index in [9.17, 15) is 9.90 Å². The van der Waals surface area contributed by atoms with Gasteiger partial charge in [0, 0.05) is 10.0 Å². The van der Waals surface area contributed by atoms with Crippen LogP contribution < -0.4 is 0 Å². The van der Waals surface area contributed by atoms with Crippen molar-refractivity contribution in [2.75, 3.05) is 0 Å². The molecular formula is C20H14Cl2N2O2. The Morgan fingerprint density at radius 3 is 2.77 bits per heavy atom. The SMILES string of the molecule is O=C(O)c1cccc(-n2ncc3c2/C(=C/c2ccc(Cl)cc2Cl)CC3)c1. The van der Waals surface area contributed by atoms with E-state index in [-0.39, 0.29) is 5.56 Å². The number of hydrogen-bond donors (Lipinski definition) is 1. The lowest BCUT2D eigenvalue weighted by Crippen LogP contribution is -2.03. The highest BCUT2D eigenvalue weighted by Gasteiger charge is 2.23. The zero-order valence-electron chi connectivity index (χ0n) is 13.6. The van der Waals surface area contributed by atoms with Crippen LogP contribution in [-0.4, -0.2) is 20.9 Å². The molecule has 0 fully saturated rings. The molecule has 0 aliphatic heterocycles. The normalized spacial score (nSPS) is 14.6. The van der Waals surface area contributed by atoms with Crippen LogP contribution in [-0.2, 0) is 6.42 Å². The first-order chi connectivity index (χ1) is 12.5. The Labute approximate surface area is 160 Å². The van der Waals surface area contributed by atoms with E-state index in [0.717, 1.165) is 40.9 Å². The van der Waals surface area contributed by atoms with Crippen molar-refractivity contribution in [2.24, 2.45) is 0 Å². The van der Waals surface area contributed by atoms with Gasteiger partial charge in [0.25, 0.3) is 0 Å². The highest BCUT2D eigenvalue weighted by atomic mass is 35.5. The Bertz CT molecular complexity index is 1050. The standard InChI is InChI=1S/C20H14Cl2N2O2/c21-16-7-6-12(18(22)10-16)8-13-4-5-15-11-23-24(19(13)15)17-3-1-2-14(9-17)20(25)26/h1-3,6-11H,4-5H2,(H,25,26)/b13-8+. The maximum atomic E-state index is 11.3. The van der Waals surface area contributed by atoms with Crippen molar-refractivity contribution in [2.45, 2.75) is 12.8 Å². The lowest BCUT2D eigenvalue weighted by Gasteiger charge is -2.09. The molecule has 0 atom stereocenters. The minimum atomic E-state index is -0.959. The van der Waals surface area contributed by atoms with Gasteiger partial charge in [0.2, 0.25) is 0 Å². The van der Waals surface area contributed by atoms with Gasteiger partial charge in [-0.05, 0) is 65.9 Å². The minimum absolute atomic E-state index is 0.232. The fraction of sp³-hybridized carbons (Fsp3) is 0.100. The van der Waals surface area contributed by atoms with Gasteiger partial charge in [-0.25, -0.2) is 9.48 Å². The summed E-state index contributed by atoms with van der Waals surface area (Å²) in [7, 11) is 0. The van der Waals surface area contributed by atoms with Crippen molar-refractivity contribution in [3.63, 3.8) is 0 Å². The van der Waals surface area contributed by atoms with E-state index >= 15 is 0 Å². The summed E-state index contributed by atoms with van der Waals surface area (Å²) < 4.78 is 1.80. The third-order valence-electron chi connectivity index (χ3n) is 4.44. The predicted octanol–water partition coefficient (Wildman–Crippen LogP) is 5.36. The van der Waals surface area contributed by atoms with Gasteiger partial charge in [0.1, 0.15) is 0 Å². The number of aromatic nitrogens is 2. The molecule has 0 bridgehead atoms. The molecule has 1 aliphatic carbocycles. The van der Waals surface area contributed by atoms with Crippen LogP contribution in [0, 0.1) is 0 Å². The average Bonchev–Trinajstić information content (AvgIpc) is 3.20. The number of aromatic carboxylic acids is 1. The quantitative estimate of drug-likeness (QED) is 0.660. The molecule has 1 aliphatic rings. The van der Waals surface area contributed by atoms with Gasteiger partial charge in [-0.15, -0.1) is 0 Å². The third kappa shape index (κ3) is 3.02. The molecule has 1 N–H and O–H groups in total. The number of aryl methyl sites for hydroxylation is 1. The van der Waals surface area contributed by atoms with E-state index in [4.69, 9.17) is 23.2 Å². The number of halogens is 2. The molecule has 0 spiro atoms. The number of rotatable bonds is 3. The zero-order chi connectivity index (χ0) is 18.3. The van der Waals surface area contributed by atoms with Gasteiger partial charge in [-0.2, -0.15) is 5.10 Å². The number of carbonyl (C=O) groups is 1. The van der Waals surface area contributed by atoms with Crippen molar-refractivity contribution in [1.82, 2.24) is 9.78 Å². The molecule has 3 aromatic rings. The molecule has 6 heteroatoms. The van der Waals surface area contributed by atoms with Crippen molar-refractivity contribution in [1.29, 1.82) is 0 Å². The molecule has 2 aromatic carbocycles. The van der Waals surface area contributed by atoms with E-state index in [2.05, 4.69) is 5.10 Å². The van der Waals surface area contributed by atoms with Crippen molar-refractivity contribution < 1.29 is 9.90 Å². The van der Waals surface area contributed by atoms with E-state index in [1.165, 1.54) is 0 Å². The minimum Gasteiger partial charge on any atom is -0.478 e. The Hall–Kier alpha value is -2.56. The second-order valence-corrected chi connectivity index (χ2v) is 6.96. The van der Waals surface area contributed by atoms with E-state index in [0.29, 0.717) is 10.0 Å². The number of hydrogen-bond acceptors (Lipinski definition) is 2. The van der Waals surface area contributed by atoms with Crippen molar-refractivity contribution in [3.8, 4) is 5.69 Å². The molecular weight excluding hydrogens is 371 g/mol. The second kappa shape index (κ2) is 6.63. The fourth-order valence-corrected chi connectivity index (χ4v) is 3.67. The molecule has 4 rings (SSSR count). The molecule has 0 unspecified atom stereocenters. The van der Waals surface area contributed by atoms with Gasteiger partial charge in [0.05, 0.1) is 23.1 Å². The lowest BCUT2D eigenvalue weighted by molar-refractivity contribution is 0.0697. The Morgan fingerprint density at radius 2 is 2.00 bits per heavy atom. The van der Waals surface area contributed by atoms with Crippen LogP contribution in [0.1, 0.15) is 33.6 Å². The van der Waals surface area contributed by atoms with Gasteiger partial charge < -0.3 is 5.11 Å². The Kier molecular flexibility index (Phi) is 4.31. The van der Waals surface area contributed by atoms with Gasteiger partial charge in [-0.3, -0.25) is 0 Å². The van der Waals surface area contributed by atoms with E-state index < -0.39 is 5.97 Å². The van der Waals surface area contributed by atoms with E-state index in [1.807, 2.05) is 30.5 Å². The number of allylic oxidation sites excluding steroid dienone is 1. The van der Waals surface area contributed by atoms with Crippen LogP contribution in [0.5, 0.6) is 0 Å². The first-order valence-electron chi connectivity index (χ1n) is 8.09. The van der Waals surface area contributed by atoms with Crippen LogP contribution in [0.3, 0.4) is 0 Å². The molecule has 0 radical (unpaired) electrons. The largest absolute Gasteiger partial charge is 0.478 e. The van der Waals surface area contributed by atoms with Crippen LogP contribution in [0.25, 0.3) is 17.3 Å². The molecule has 1 aromatic heterocycles. The molecule has 0 amide bonds. The summed E-state index contributed by atoms with van der Waals surface area (Å²) in [6.45, 7) is 0. The monoisotopic (exact) mass is 384 g/mol. The molecule has 26 heavy (non-hydrogen) atoms. The number of fused-ring (bicyclic) bond motifs is 1.